The van der Waals surface area contributed by atoms with Crippen LogP contribution in [0.3, 0.4) is 0 Å². The predicted molar refractivity (Wildman–Crippen MR) is 71.0 cm³/mol. The smallest absolute Gasteiger partial charge is 0.307 e. The van der Waals surface area contributed by atoms with E-state index >= 15 is 0 Å². The zero-order valence-electron chi connectivity index (χ0n) is 11.8. The number of aliphatic hydroxyl groups excluding tert-OH is 1. The molecule has 0 spiro atoms. The van der Waals surface area contributed by atoms with Gasteiger partial charge in [-0.2, -0.15) is 0 Å². The molecule has 0 bridgehead atoms. The lowest BCUT2D eigenvalue weighted by Crippen LogP contribution is -2.49. The number of carboxylic acids is 1. The van der Waals surface area contributed by atoms with Crippen molar-refractivity contribution in [2.24, 2.45) is 17.8 Å². The number of rotatable bonds is 4. The Morgan fingerprint density at radius 3 is 2.60 bits per heavy atom. The number of nitrogens with zero attached hydrogens (tertiary/aromatic N) is 1. The first-order valence-electron chi connectivity index (χ1n) is 7.30. The Labute approximate surface area is 118 Å². The zero-order chi connectivity index (χ0) is 14.7. The van der Waals surface area contributed by atoms with Crippen LogP contribution in [0.25, 0.3) is 0 Å². The van der Waals surface area contributed by atoms with Crippen LogP contribution in [-0.2, 0) is 14.3 Å². The van der Waals surface area contributed by atoms with Gasteiger partial charge in [-0.3, -0.25) is 9.59 Å². The molecule has 0 aromatic rings. The molecule has 2 N–H and O–H groups in total. The van der Waals surface area contributed by atoms with Crippen LogP contribution >= 0.6 is 0 Å². The van der Waals surface area contributed by atoms with Gasteiger partial charge in [-0.1, -0.05) is 13.3 Å². The SMILES string of the molecule is CCC1C[C@H](C(=O)N2CCOC(CO)C2)[C@H](C(=O)O)C1. The number of amides is 1. The molecule has 2 rings (SSSR count). The van der Waals surface area contributed by atoms with Crippen molar-refractivity contribution in [3.05, 3.63) is 0 Å². The monoisotopic (exact) mass is 285 g/mol. The fourth-order valence-corrected chi connectivity index (χ4v) is 3.29. The van der Waals surface area contributed by atoms with Gasteiger partial charge in [0.15, 0.2) is 0 Å². The van der Waals surface area contributed by atoms with Crippen molar-refractivity contribution in [1.29, 1.82) is 0 Å². The topological polar surface area (TPSA) is 87.1 Å². The summed E-state index contributed by atoms with van der Waals surface area (Å²) in [5, 5.41) is 18.4. The highest BCUT2D eigenvalue weighted by molar-refractivity contribution is 5.85. The Hall–Kier alpha value is -1.14. The van der Waals surface area contributed by atoms with Gasteiger partial charge in [0.1, 0.15) is 0 Å². The van der Waals surface area contributed by atoms with Gasteiger partial charge in [-0.25, -0.2) is 0 Å². The summed E-state index contributed by atoms with van der Waals surface area (Å²) in [6.07, 6.45) is 1.82. The number of hydrogen-bond acceptors (Lipinski definition) is 4. The molecule has 114 valence electrons. The molecule has 1 saturated heterocycles. The van der Waals surface area contributed by atoms with Crippen molar-refractivity contribution in [2.75, 3.05) is 26.3 Å². The molecule has 1 aliphatic carbocycles. The van der Waals surface area contributed by atoms with Crippen molar-refractivity contribution >= 4 is 11.9 Å². The van der Waals surface area contributed by atoms with Crippen molar-refractivity contribution < 1.29 is 24.5 Å². The van der Waals surface area contributed by atoms with Crippen molar-refractivity contribution in [3.8, 4) is 0 Å². The van der Waals surface area contributed by atoms with Crippen LogP contribution in [0.2, 0.25) is 0 Å². The van der Waals surface area contributed by atoms with Crippen molar-refractivity contribution in [3.63, 3.8) is 0 Å². The van der Waals surface area contributed by atoms with Crippen LogP contribution in [0.1, 0.15) is 26.2 Å². The maximum absolute atomic E-state index is 12.6. The van der Waals surface area contributed by atoms with Gasteiger partial charge in [-0.05, 0) is 18.8 Å². The van der Waals surface area contributed by atoms with Crippen LogP contribution in [0, 0.1) is 17.8 Å². The number of ether oxygens (including phenoxy) is 1. The molecule has 0 aromatic heterocycles. The fourth-order valence-electron chi connectivity index (χ4n) is 3.29. The summed E-state index contributed by atoms with van der Waals surface area (Å²) < 4.78 is 5.33. The summed E-state index contributed by atoms with van der Waals surface area (Å²) in [5.74, 6) is -1.63. The Morgan fingerprint density at radius 1 is 1.30 bits per heavy atom. The second-order valence-electron chi connectivity index (χ2n) is 5.76. The third-order valence-corrected chi connectivity index (χ3v) is 4.53. The Bertz CT molecular complexity index is 373. The molecule has 6 heteroatoms. The van der Waals surface area contributed by atoms with Gasteiger partial charge in [0.2, 0.25) is 5.91 Å². The lowest BCUT2D eigenvalue weighted by Gasteiger charge is -2.34. The van der Waals surface area contributed by atoms with E-state index in [-0.39, 0.29) is 18.6 Å². The molecule has 2 fully saturated rings. The van der Waals surface area contributed by atoms with E-state index in [0.717, 1.165) is 6.42 Å². The predicted octanol–water partition coefficient (Wildman–Crippen LogP) is 0.343. The zero-order valence-corrected chi connectivity index (χ0v) is 11.8. The summed E-state index contributed by atoms with van der Waals surface area (Å²) >= 11 is 0. The third kappa shape index (κ3) is 3.12. The van der Waals surface area contributed by atoms with Gasteiger partial charge in [0.25, 0.3) is 0 Å². The van der Waals surface area contributed by atoms with Gasteiger partial charge in [0, 0.05) is 13.1 Å². The molecule has 2 aliphatic rings. The molecule has 2 unspecified atom stereocenters. The minimum Gasteiger partial charge on any atom is -0.481 e. The lowest BCUT2D eigenvalue weighted by atomic mass is 9.94. The minimum absolute atomic E-state index is 0.0879. The van der Waals surface area contributed by atoms with Crippen LogP contribution in [0.5, 0.6) is 0 Å². The molecule has 6 nitrogen and oxygen atoms in total. The minimum atomic E-state index is -0.869. The third-order valence-electron chi connectivity index (χ3n) is 4.53. The first-order valence-corrected chi connectivity index (χ1v) is 7.30. The number of carbonyl (C=O) groups is 2. The van der Waals surface area contributed by atoms with Crippen LogP contribution < -0.4 is 0 Å². The van der Waals surface area contributed by atoms with Crippen molar-refractivity contribution in [2.45, 2.75) is 32.3 Å². The van der Waals surface area contributed by atoms with Gasteiger partial charge in [0.05, 0.1) is 31.2 Å². The number of morpholine rings is 1. The Balaban J connectivity index is 2.04. The average Bonchev–Trinajstić information content (AvgIpc) is 2.91. The number of aliphatic hydroxyl groups is 1. The molecular weight excluding hydrogens is 262 g/mol. The second kappa shape index (κ2) is 6.54. The highest BCUT2D eigenvalue weighted by Gasteiger charge is 2.44. The summed E-state index contributed by atoms with van der Waals surface area (Å²) in [4.78, 5) is 25.6. The van der Waals surface area contributed by atoms with Crippen molar-refractivity contribution in [1.82, 2.24) is 4.90 Å². The first-order chi connectivity index (χ1) is 9.56. The highest BCUT2D eigenvalue weighted by atomic mass is 16.5. The fraction of sp³-hybridized carbons (Fsp3) is 0.857. The second-order valence-corrected chi connectivity index (χ2v) is 5.76. The number of hydrogen-bond donors (Lipinski definition) is 2. The summed E-state index contributed by atoms with van der Waals surface area (Å²) in [6.45, 7) is 3.16. The molecule has 1 amide bonds. The van der Waals surface area contributed by atoms with E-state index in [9.17, 15) is 14.7 Å². The van der Waals surface area contributed by atoms with E-state index in [1.807, 2.05) is 6.92 Å². The largest absolute Gasteiger partial charge is 0.481 e. The molecule has 4 atom stereocenters. The maximum atomic E-state index is 12.6. The summed E-state index contributed by atoms with van der Waals surface area (Å²) in [6, 6.07) is 0. The Morgan fingerprint density at radius 2 is 2.00 bits per heavy atom. The normalized spacial score (nSPS) is 34.2. The quantitative estimate of drug-likeness (QED) is 0.778. The van der Waals surface area contributed by atoms with E-state index in [2.05, 4.69) is 0 Å². The number of aliphatic carboxylic acids is 1. The highest BCUT2D eigenvalue weighted by Crippen LogP contribution is 2.39. The molecule has 0 aromatic carbocycles. The molecular formula is C14H23NO5. The first kappa shape index (κ1) is 15.3. The van der Waals surface area contributed by atoms with Crippen LogP contribution in [-0.4, -0.2) is 59.4 Å². The maximum Gasteiger partial charge on any atom is 0.307 e. The van der Waals surface area contributed by atoms with E-state index in [1.165, 1.54) is 0 Å². The lowest BCUT2D eigenvalue weighted by molar-refractivity contribution is -0.153. The van der Waals surface area contributed by atoms with E-state index in [4.69, 9.17) is 9.84 Å². The van der Waals surface area contributed by atoms with E-state index in [0.29, 0.717) is 38.5 Å². The molecule has 1 saturated carbocycles. The van der Waals surface area contributed by atoms with E-state index < -0.39 is 17.8 Å². The summed E-state index contributed by atoms with van der Waals surface area (Å²) in [7, 11) is 0. The van der Waals surface area contributed by atoms with Gasteiger partial charge in [-0.15, -0.1) is 0 Å². The molecule has 1 heterocycles. The average molecular weight is 285 g/mol. The Kier molecular flexibility index (Phi) is 4.99. The number of carboxylic acid groups (broad SMARTS) is 1. The standard InChI is InChI=1S/C14H23NO5/c1-2-9-5-11(12(6-9)14(18)19)13(17)15-3-4-20-10(7-15)8-16/h9-12,16H,2-8H2,1H3,(H,18,19)/t9?,10?,11-,12+/m0/s1. The molecule has 20 heavy (non-hydrogen) atoms. The molecule has 0 radical (unpaired) electrons. The van der Waals surface area contributed by atoms with Gasteiger partial charge >= 0.3 is 5.97 Å². The molecule has 1 aliphatic heterocycles. The van der Waals surface area contributed by atoms with Gasteiger partial charge < -0.3 is 19.8 Å². The van der Waals surface area contributed by atoms with Crippen LogP contribution in [0.15, 0.2) is 0 Å². The van der Waals surface area contributed by atoms with E-state index in [1.54, 1.807) is 4.90 Å². The summed E-state index contributed by atoms with van der Waals surface area (Å²) in [5.41, 5.74) is 0. The van der Waals surface area contributed by atoms with Crippen LogP contribution in [0.4, 0.5) is 0 Å². The number of carbonyl (C=O) groups excluding carboxylic acids is 1.